The molecule has 0 rings (SSSR count). The monoisotopic (exact) mass is 1420 g/mol. The lowest BCUT2D eigenvalue weighted by atomic mass is 10.1. The van der Waals surface area contributed by atoms with Gasteiger partial charge in [-0.05, 0) is 116 Å². The Morgan fingerprint density at radius 1 is 0.306 bits per heavy atom. The highest BCUT2D eigenvalue weighted by molar-refractivity contribution is 7.47. The molecular weight excluding hydrogens is 1280 g/mol. The Kier molecular flexibility index (Phi) is 67.6. The number of esters is 4. The van der Waals surface area contributed by atoms with Crippen LogP contribution in [0.1, 0.15) is 297 Å². The first kappa shape index (κ1) is 93.5. The van der Waals surface area contributed by atoms with Crippen LogP contribution in [0.3, 0.4) is 0 Å². The summed E-state index contributed by atoms with van der Waals surface area (Å²) in [7, 11) is -9.98. The van der Waals surface area contributed by atoms with Gasteiger partial charge < -0.3 is 33.8 Å². The zero-order valence-corrected chi connectivity index (χ0v) is 63.0. The van der Waals surface area contributed by atoms with E-state index in [1.807, 2.05) is 18.2 Å². The second-order valence-corrected chi connectivity index (χ2v) is 27.8. The van der Waals surface area contributed by atoms with Crippen molar-refractivity contribution in [2.45, 2.75) is 316 Å². The van der Waals surface area contributed by atoms with Gasteiger partial charge in [0.2, 0.25) is 0 Å². The van der Waals surface area contributed by atoms with Gasteiger partial charge in [-0.1, -0.05) is 278 Å². The average molecular weight is 1420 g/mol. The minimum atomic E-state index is -4.99. The van der Waals surface area contributed by atoms with Crippen LogP contribution in [0, 0.1) is 0 Å². The maximum absolute atomic E-state index is 13.1. The summed E-state index contributed by atoms with van der Waals surface area (Å²) in [6.07, 6.45) is 76.5. The molecule has 3 N–H and O–H groups in total. The number of aliphatic hydroxyl groups excluding tert-OH is 1. The first-order valence-corrected chi connectivity index (χ1v) is 40.8. The number of carbonyl (C=O) groups is 4. The van der Waals surface area contributed by atoms with E-state index in [1.165, 1.54) is 77.0 Å². The first-order valence-electron chi connectivity index (χ1n) is 37.8. The predicted molar refractivity (Wildman–Crippen MR) is 399 cm³/mol. The number of aliphatic hydroxyl groups is 1. The summed E-state index contributed by atoms with van der Waals surface area (Å²) >= 11 is 0. The zero-order valence-electron chi connectivity index (χ0n) is 61.2. The van der Waals surface area contributed by atoms with E-state index in [0.717, 1.165) is 141 Å². The maximum Gasteiger partial charge on any atom is 0.472 e. The Morgan fingerprint density at radius 2 is 0.571 bits per heavy atom. The van der Waals surface area contributed by atoms with Crippen molar-refractivity contribution in [1.29, 1.82) is 0 Å². The fourth-order valence-electron chi connectivity index (χ4n) is 9.75. The van der Waals surface area contributed by atoms with Crippen LogP contribution in [0.15, 0.2) is 122 Å². The molecule has 0 aliphatic heterocycles. The van der Waals surface area contributed by atoms with Crippen molar-refractivity contribution in [2.75, 3.05) is 39.6 Å². The second-order valence-electron chi connectivity index (χ2n) is 24.8. The van der Waals surface area contributed by atoms with Gasteiger partial charge in [0.15, 0.2) is 12.2 Å². The Morgan fingerprint density at radius 3 is 0.918 bits per heavy atom. The van der Waals surface area contributed by atoms with Crippen LogP contribution >= 0.6 is 15.6 Å². The van der Waals surface area contributed by atoms with Crippen LogP contribution in [0.4, 0.5) is 0 Å². The molecule has 5 unspecified atom stereocenters. The Labute approximate surface area is 593 Å². The lowest BCUT2D eigenvalue weighted by Crippen LogP contribution is -2.30. The second kappa shape index (κ2) is 70.9. The Balaban J connectivity index is 5.42. The van der Waals surface area contributed by atoms with Crippen molar-refractivity contribution >= 4 is 39.5 Å². The standard InChI is InChI=1S/C79H134O17P2/c1-5-9-13-17-21-25-29-32-35-36-39-41-45-48-52-56-60-64-77(82)90-70-75(96-79(84)66-62-58-54-50-46-42-38-34-31-27-23-19-15-11-7-3)72-94-98(87,88)92-68-73(80)67-91-97(85,86)93-71-74(95-78(83)65-61-57-53-49-43-28-24-20-16-12-8-4)69-89-76(81)63-59-55-51-47-44-40-37-33-30-26-22-18-14-10-6-2/h9-10,13-14,21-22,25-26,32-35,37-39,41,44,47,55,59,73-75,80H,5-8,11-12,15-20,23-24,27-31,36,40,42-43,45-46,48-54,56-58,60-72H2,1-4H3,(H,85,86)(H,87,88)/b13-9-,14-10-,25-21-,26-22-,35-32-,37-33-,38-34-,41-39-,47-44-,59-55-. The molecule has 0 bridgehead atoms. The van der Waals surface area contributed by atoms with Crippen LogP contribution < -0.4 is 0 Å². The molecule has 0 saturated heterocycles. The molecule has 0 radical (unpaired) electrons. The number of carbonyl (C=O) groups excluding carboxylic acids is 4. The molecule has 0 saturated carbocycles. The van der Waals surface area contributed by atoms with Crippen LogP contribution in [0.2, 0.25) is 0 Å². The largest absolute Gasteiger partial charge is 0.472 e. The van der Waals surface area contributed by atoms with Crippen LogP contribution in [0.5, 0.6) is 0 Å². The quantitative estimate of drug-likeness (QED) is 0.0169. The van der Waals surface area contributed by atoms with Crippen LogP contribution in [0.25, 0.3) is 0 Å². The molecule has 0 fully saturated rings. The number of phosphoric ester groups is 2. The fraction of sp³-hybridized carbons (Fsp3) is 0.696. The van der Waals surface area contributed by atoms with Crippen LogP contribution in [-0.2, 0) is 65.4 Å². The van der Waals surface area contributed by atoms with E-state index < -0.39 is 97.5 Å². The topological polar surface area (TPSA) is 237 Å². The van der Waals surface area contributed by atoms with E-state index in [1.54, 1.807) is 6.08 Å². The molecule has 0 aromatic rings. The lowest BCUT2D eigenvalue weighted by Gasteiger charge is -2.21. The van der Waals surface area contributed by atoms with Crippen molar-refractivity contribution in [2.24, 2.45) is 0 Å². The molecular formula is C79H134O17P2. The predicted octanol–water partition coefficient (Wildman–Crippen LogP) is 21.6. The van der Waals surface area contributed by atoms with Crippen molar-refractivity contribution in [3.05, 3.63) is 122 Å². The summed E-state index contributed by atoms with van der Waals surface area (Å²) in [5.41, 5.74) is 0. The third-order valence-corrected chi connectivity index (χ3v) is 17.4. The minimum absolute atomic E-state index is 0.0709. The molecule has 0 aliphatic carbocycles. The number of hydrogen-bond donors (Lipinski definition) is 3. The highest BCUT2D eigenvalue weighted by Crippen LogP contribution is 2.45. The van der Waals surface area contributed by atoms with Gasteiger partial charge in [0, 0.05) is 19.3 Å². The SMILES string of the molecule is CC/C=C\C/C=C\C/C=C\C/C=C\C/C=C\CC(=O)OCC(COP(=O)(O)OCC(O)COP(=O)(O)OCC(COC(=O)CCCCCC/C=C\C/C=C\C/C=C\C/C=C\CC)OC(=O)CCCCCCC/C=C\CCCCCCCC)OC(=O)CCCCCCCCCCCCC. The molecule has 0 heterocycles. The molecule has 0 aliphatic rings. The number of hydrogen-bond acceptors (Lipinski definition) is 15. The van der Waals surface area contributed by atoms with Crippen molar-refractivity contribution in [3.63, 3.8) is 0 Å². The van der Waals surface area contributed by atoms with Crippen molar-refractivity contribution in [3.8, 4) is 0 Å². The summed E-state index contributed by atoms with van der Waals surface area (Å²) in [5.74, 6) is -2.35. The third-order valence-electron chi connectivity index (χ3n) is 15.5. The van der Waals surface area contributed by atoms with Gasteiger partial charge >= 0.3 is 39.5 Å². The van der Waals surface area contributed by atoms with Gasteiger partial charge in [-0.3, -0.25) is 37.3 Å². The number of phosphoric acid groups is 2. The summed E-state index contributed by atoms with van der Waals surface area (Å²) in [4.78, 5) is 72.7. The van der Waals surface area contributed by atoms with E-state index in [4.69, 9.17) is 37.0 Å². The molecule has 17 nitrogen and oxygen atoms in total. The molecule has 0 aromatic heterocycles. The Hall–Kier alpha value is -4.54. The highest BCUT2D eigenvalue weighted by Gasteiger charge is 2.30. The first-order chi connectivity index (χ1) is 47.7. The lowest BCUT2D eigenvalue weighted by molar-refractivity contribution is -0.161. The minimum Gasteiger partial charge on any atom is -0.462 e. The molecule has 98 heavy (non-hydrogen) atoms. The zero-order chi connectivity index (χ0) is 71.8. The number of ether oxygens (including phenoxy) is 4. The van der Waals surface area contributed by atoms with Gasteiger partial charge in [0.1, 0.15) is 19.3 Å². The number of rotatable bonds is 70. The van der Waals surface area contributed by atoms with Crippen molar-refractivity contribution in [1.82, 2.24) is 0 Å². The third kappa shape index (κ3) is 69.9. The van der Waals surface area contributed by atoms with Gasteiger partial charge in [-0.15, -0.1) is 0 Å². The average Bonchev–Trinajstić information content (AvgIpc) is 0.985. The molecule has 562 valence electrons. The maximum atomic E-state index is 13.1. The Bertz CT molecular complexity index is 2340. The van der Waals surface area contributed by atoms with Gasteiger partial charge in [0.05, 0.1) is 32.8 Å². The summed E-state index contributed by atoms with van der Waals surface area (Å²) < 4.78 is 68.3. The van der Waals surface area contributed by atoms with Gasteiger partial charge in [-0.2, -0.15) is 0 Å². The molecule has 19 heteroatoms. The van der Waals surface area contributed by atoms with E-state index in [9.17, 15) is 43.2 Å². The number of unbranched alkanes of at least 4 members (excludes halogenated alkanes) is 25. The summed E-state index contributed by atoms with van der Waals surface area (Å²) in [6, 6.07) is 0. The highest BCUT2D eigenvalue weighted by atomic mass is 31.2. The van der Waals surface area contributed by atoms with E-state index in [0.29, 0.717) is 25.7 Å². The summed E-state index contributed by atoms with van der Waals surface area (Å²) in [5, 5.41) is 10.6. The summed E-state index contributed by atoms with van der Waals surface area (Å²) in [6.45, 7) is 4.48. The van der Waals surface area contributed by atoms with Gasteiger partial charge in [-0.25, -0.2) is 9.13 Å². The molecule has 0 spiro atoms. The smallest absolute Gasteiger partial charge is 0.462 e. The fourth-order valence-corrected chi connectivity index (χ4v) is 11.3. The number of allylic oxidation sites excluding steroid dienone is 19. The molecule has 5 atom stereocenters. The molecule has 0 aromatic carbocycles. The van der Waals surface area contributed by atoms with E-state index >= 15 is 0 Å². The normalized spacial score (nSPS) is 14.6. The van der Waals surface area contributed by atoms with Gasteiger partial charge in [0.25, 0.3) is 0 Å². The van der Waals surface area contributed by atoms with Crippen molar-refractivity contribution < 1.29 is 80.2 Å². The molecule has 0 amide bonds. The van der Waals surface area contributed by atoms with Crippen LogP contribution in [-0.4, -0.2) is 96.7 Å². The van der Waals surface area contributed by atoms with E-state index in [2.05, 4.69) is 125 Å². The van der Waals surface area contributed by atoms with E-state index in [-0.39, 0.29) is 25.7 Å².